The number of nitrogens with zero attached hydrogens (tertiary/aromatic N) is 1. The molecule has 0 aliphatic carbocycles. The second kappa shape index (κ2) is 4.38. The smallest absolute Gasteiger partial charge is 0.0548 e. The van der Waals surface area contributed by atoms with Crippen LogP contribution >= 0.6 is 11.6 Å². The molecule has 0 aromatic carbocycles. The Hall–Kier alpha value is 0.210. The van der Waals surface area contributed by atoms with E-state index in [1.165, 1.54) is 25.9 Å². The van der Waals surface area contributed by atoms with Crippen LogP contribution in [0.4, 0.5) is 0 Å². The first kappa shape index (κ1) is 10.7. The molecule has 0 amide bonds. The Labute approximate surface area is 91.6 Å². The van der Waals surface area contributed by atoms with E-state index in [4.69, 9.17) is 16.3 Å². The zero-order valence-electron chi connectivity index (χ0n) is 8.97. The SMILES string of the molecule is CN1CCCC(C2(CCCl)COC2)C1. The van der Waals surface area contributed by atoms with Gasteiger partial charge in [-0.1, -0.05) is 0 Å². The maximum Gasteiger partial charge on any atom is 0.0548 e. The van der Waals surface area contributed by atoms with Gasteiger partial charge in [-0.15, -0.1) is 11.6 Å². The molecule has 0 aromatic rings. The molecule has 2 saturated heterocycles. The minimum Gasteiger partial charge on any atom is -0.380 e. The first-order valence-electron chi connectivity index (χ1n) is 5.59. The van der Waals surface area contributed by atoms with Gasteiger partial charge >= 0.3 is 0 Å². The van der Waals surface area contributed by atoms with Crippen LogP contribution in [0.2, 0.25) is 0 Å². The topological polar surface area (TPSA) is 12.5 Å². The van der Waals surface area contributed by atoms with Crippen LogP contribution in [0.3, 0.4) is 0 Å². The summed E-state index contributed by atoms with van der Waals surface area (Å²) in [5.41, 5.74) is 0.427. The summed E-state index contributed by atoms with van der Waals surface area (Å²) in [5.74, 6) is 1.59. The fourth-order valence-electron chi connectivity index (χ4n) is 2.80. The molecule has 2 rings (SSSR count). The van der Waals surface area contributed by atoms with Crippen molar-refractivity contribution in [1.29, 1.82) is 0 Å². The number of alkyl halides is 1. The van der Waals surface area contributed by atoms with Crippen molar-refractivity contribution < 1.29 is 4.74 Å². The van der Waals surface area contributed by atoms with E-state index in [-0.39, 0.29) is 0 Å². The average molecular weight is 218 g/mol. The number of rotatable bonds is 3. The lowest BCUT2D eigenvalue weighted by atomic mass is 9.68. The molecule has 0 aromatic heterocycles. The van der Waals surface area contributed by atoms with Gasteiger partial charge in [0.25, 0.3) is 0 Å². The van der Waals surface area contributed by atoms with Gasteiger partial charge in [0, 0.05) is 17.8 Å². The van der Waals surface area contributed by atoms with E-state index in [0.29, 0.717) is 5.41 Å². The van der Waals surface area contributed by atoms with Crippen molar-refractivity contribution in [1.82, 2.24) is 4.90 Å². The summed E-state index contributed by atoms with van der Waals surface area (Å²) in [6.07, 6.45) is 3.84. The fourth-order valence-corrected chi connectivity index (χ4v) is 3.18. The standard InChI is InChI=1S/C11H20ClNO/c1-13-6-2-3-10(7-13)11(4-5-12)8-14-9-11/h10H,2-9H2,1H3. The summed E-state index contributed by atoms with van der Waals surface area (Å²) >= 11 is 5.89. The molecule has 2 aliphatic heterocycles. The molecule has 2 aliphatic rings. The maximum atomic E-state index is 5.89. The third-order valence-corrected chi connectivity index (χ3v) is 4.05. The molecule has 0 bridgehead atoms. The van der Waals surface area contributed by atoms with Crippen molar-refractivity contribution in [2.45, 2.75) is 19.3 Å². The Morgan fingerprint density at radius 2 is 2.29 bits per heavy atom. The molecule has 1 atom stereocenters. The maximum absolute atomic E-state index is 5.89. The van der Waals surface area contributed by atoms with Crippen molar-refractivity contribution in [2.24, 2.45) is 11.3 Å². The van der Waals surface area contributed by atoms with Gasteiger partial charge in [-0.3, -0.25) is 0 Å². The van der Waals surface area contributed by atoms with E-state index in [9.17, 15) is 0 Å². The molecule has 2 nitrogen and oxygen atoms in total. The highest BCUT2D eigenvalue weighted by molar-refractivity contribution is 6.17. The van der Waals surface area contributed by atoms with E-state index in [2.05, 4.69) is 11.9 Å². The zero-order valence-corrected chi connectivity index (χ0v) is 9.72. The predicted octanol–water partition coefficient (Wildman–Crippen LogP) is 1.97. The Morgan fingerprint density at radius 1 is 1.50 bits per heavy atom. The van der Waals surface area contributed by atoms with Crippen LogP contribution in [0, 0.1) is 11.3 Å². The summed E-state index contributed by atoms with van der Waals surface area (Å²) < 4.78 is 5.40. The molecule has 3 heteroatoms. The molecule has 2 fully saturated rings. The third-order valence-electron chi connectivity index (χ3n) is 3.86. The minimum absolute atomic E-state index is 0.427. The number of likely N-dealkylation sites (tertiary alicyclic amines) is 1. The van der Waals surface area contributed by atoms with Crippen LogP contribution in [0.25, 0.3) is 0 Å². The minimum atomic E-state index is 0.427. The van der Waals surface area contributed by atoms with Crippen molar-refractivity contribution in [2.75, 3.05) is 39.2 Å². The second-order valence-corrected chi connectivity index (χ2v) is 5.27. The molecule has 0 radical (unpaired) electrons. The van der Waals surface area contributed by atoms with Crippen LogP contribution in [-0.4, -0.2) is 44.1 Å². The molecular formula is C11H20ClNO. The Kier molecular flexibility index (Phi) is 3.35. The first-order valence-corrected chi connectivity index (χ1v) is 6.12. The molecule has 14 heavy (non-hydrogen) atoms. The van der Waals surface area contributed by atoms with Crippen molar-refractivity contribution in [3.05, 3.63) is 0 Å². The summed E-state index contributed by atoms with van der Waals surface area (Å²) in [6, 6.07) is 0. The average Bonchev–Trinajstić information content (AvgIpc) is 2.11. The second-order valence-electron chi connectivity index (χ2n) is 4.90. The summed E-state index contributed by atoms with van der Waals surface area (Å²) in [4.78, 5) is 2.45. The highest BCUT2D eigenvalue weighted by atomic mass is 35.5. The van der Waals surface area contributed by atoms with E-state index in [1.807, 2.05) is 0 Å². The summed E-state index contributed by atoms with van der Waals surface area (Å²) in [5, 5.41) is 0. The molecular weight excluding hydrogens is 198 g/mol. The van der Waals surface area contributed by atoms with Gasteiger partial charge in [-0.2, -0.15) is 0 Å². The van der Waals surface area contributed by atoms with Crippen LogP contribution in [0.5, 0.6) is 0 Å². The lowest BCUT2D eigenvalue weighted by molar-refractivity contribution is -0.157. The highest BCUT2D eigenvalue weighted by Crippen LogP contribution is 2.43. The third kappa shape index (κ3) is 1.93. The lowest BCUT2D eigenvalue weighted by Gasteiger charge is -2.50. The predicted molar refractivity (Wildman–Crippen MR) is 58.8 cm³/mol. The van der Waals surface area contributed by atoms with Gasteiger partial charge in [0.05, 0.1) is 13.2 Å². The van der Waals surface area contributed by atoms with Gasteiger partial charge in [0.1, 0.15) is 0 Å². The number of ether oxygens (including phenoxy) is 1. The Morgan fingerprint density at radius 3 is 2.79 bits per heavy atom. The largest absolute Gasteiger partial charge is 0.380 e. The highest BCUT2D eigenvalue weighted by Gasteiger charge is 2.45. The zero-order chi connectivity index (χ0) is 10.0. The number of hydrogen-bond donors (Lipinski definition) is 0. The van der Waals surface area contributed by atoms with Crippen LogP contribution in [0.15, 0.2) is 0 Å². The lowest BCUT2D eigenvalue weighted by Crippen LogP contribution is -2.53. The molecule has 0 N–H and O–H groups in total. The van der Waals surface area contributed by atoms with E-state index < -0.39 is 0 Å². The van der Waals surface area contributed by atoms with Crippen LogP contribution < -0.4 is 0 Å². The fraction of sp³-hybridized carbons (Fsp3) is 1.00. The van der Waals surface area contributed by atoms with Crippen molar-refractivity contribution >= 4 is 11.6 Å². The Balaban J connectivity index is 1.96. The normalized spacial score (nSPS) is 32.6. The van der Waals surface area contributed by atoms with Crippen LogP contribution in [-0.2, 0) is 4.74 Å². The Bertz CT molecular complexity index is 194. The van der Waals surface area contributed by atoms with E-state index in [0.717, 1.165) is 31.4 Å². The summed E-state index contributed by atoms with van der Waals surface area (Å²) in [6.45, 7) is 4.38. The van der Waals surface area contributed by atoms with Gasteiger partial charge in [0.2, 0.25) is 0 Å². The van der Waals surface area contributed by atoms with E-state index >= 15 is 0 Å². The monoisotopic (exact) mass is 217 g/mol. The van der Waals surface area contributed by atoms with Gasteiger partial charge in [-0.05, 0) is 38.8 Å². The van der Waals surface area contributed by atoms with E-state index in [1.54, 1.807) is 0 Å². The summed E-state index contributed by atoms with van der Waals surface area (Å²) in [7, 11) is 2.22. The number of halogens is 1. The molecule has 2 heterocycles. The first-order chi connectivity index (χ1) is 6.77. The number of piperidine rings is 1. The van der Waals surface area contributed by atoms with Crippen molar-refractivity contribution in [3.8, 4) is 0 Å². The molecule has 0 spiro atoms. The van der Waals surface area contributed by atoms with Crippen molar-refractivity contribution in [3.63, 3.8) is 0 Å². The van der Waals surface area contributed by atoms with Gasteiger partial charge < -0.3 is 9.64 Å². The van der Waals surface area contributed by atoms with Gasteiger partial charge in [0.15, 0.2) is 0 Å². The van der Waals surface area contributed by atoms with Gasteiger partial charge in [-0.25, -0.2) is 0 Å². The van der Waals surface area contributed by atoms with Crippen LogP contribution in [0.1, 0.15) is 19.3 Å². The number of hydrogen-bond acceptors (Lipinski definition) is 2. The molecule has 0 saturated carbocycles. The molecule has 82 valence electrons. The quantitative estimate of drug-likeness (QED) is 0.671. The molecule has 1 unspecified atom stereocenters.